The summed E-state index contributed by atoms with van der Waals surface area (Å²) in [5, 5.41) is 0. The van der Waals surface area contributed by atoms with Crippen LogP contribution in [0.5, 0.6) is 0 Å². The van der Waals surface area contributed by atoms with Crippen molar-refractivity contribution in [3.8, 4) is 0 Å². The molecule has 6 heteroatoms. The van der Waals surface area contributed by atoms with Gasteiger partial charge in [-0.2, -0.15) is 0 Å². The first kappa shape index (κ1) is 15.5. The second kappa shape index (κ2) is 6.98. The Kier molecular flexibility index (Phi) is 6.78. The number of hydrogen-bond acceptors (Lipinski definition) is 4. The van der Waals surface area contributed by atoms with E-state index in [1.54, 1.807) is 13.8 Å². The van der Waals surface area contributed by atoms with E-state index in [4.69, 9.17) is 4.74 Å². The van der Waals surface area contributed by atoms with Gasteiger partial charge in [0, 0.05) is 6.42 Å². The molecule has 0 aliphatic heterocycles. The van der Waals surface area contributed by atoms with E-state index in [-0.39, 0.29) is 24.2 Å². The van der Waals surface area contributed by atoms with Crippen LogP contribution >= 0.6 is 0 Å². The first-order valence-electron chi connectivity index (χ1n) is 5.42. The summed E-state index contributed by atoms with van der Waals surface area (Å²) in [6.45, 7) is 7.06. The van der Waals surface area contributed by atoms with E-state index in [1.807, 2.05) is 13.8 Å². The third kappa shape index (κ3) is 6.92. The van der Waals surface area contributed by atoms with Crippen LogP contribution in [0.25, 0.3) is 0 Å². The predicted molar refractivity (Wildman–Crippen MR) is 62.8 cm³/mol. The average Bonchev–Trinajstić information content (AvgIpc) is 2.14. The molecule has 0 heterocycles. The lowest BCUT2D eigenvalue weighted by atomic mass is 10.2. The number of Topliss-reactive ketones (excluding diaryl/α,β-unsaturated/α-hetero) is 1. The van der Waals surface area contributed by atoms with Gasteiger partial charge in [-0.3, -0.25) is 4.79 Å². The molecule has 0 aromatic carbocycles. The number of carbonyl (C=O) groups excluding carboxylic acids is 1. The molecule has 0 fully saturated rings. The highest BCUT2D eigenvalue weighted by atomic mass is 32.2. The molecule has 0 radical (unpaired) electrons. The standard InChI is InChI=1S/C10H21NO4S/c1-5-10(12)9(4)11-16(13,14)7-6-15-8(2)3/h8-9,11H,5-7H2,1-4H3. The number of carbonyl (C=O) groups is 1. The summed E-state index contributed by atoms with van der Waals surface area (Å²) in [6, 6.07) is -0.658. The molecule has 1 N–H and O–H groups in total. The quantitative estimate of drug-likeness (QED) is 0.689. The normalized spacial score (nSPS) is 14.1. The number of hydrogen-bond donors (Lipinski definition) is 1. The largest absolute Gasteiger partial charge is 0.378 e. The smallest absolute Gasteiger partial charge is 0.214 e. The minimum atomic E-state index is -3.43. The number of ether oxygens (including phenoxy) is 1. The molecule has 0 saturated carbocycles. The maximum Gasteiger partial charge on any atom is 0.214 e. The molecule has 96 valence electrons. The molecule has 0 aromatic heterocycles. The molecule has 0 amide bonds. The van der Waals surface area contributed by atoms with Crippen LogP contribution in [0.3, 0.4) is 0 Å². The molecule has 5 nitrogen and oxygen atoms in total. The lowest BCUT2D eigenvalue weighted by Gasteiger charge is -2.13. The van der Waals surface area contributed by atoms with Crippen molar-refractivity contribution < 1.29 is 17.9 Å². The Bertz CT molecular complexity index is 311. The summed E-state index contributed by atoms with van der Waals surface area (Å²) in [6.07, 6.45) is 0.330. The summed E-state index contributed by atoms with van der Waals surface area (Å²) < 4.78 is 30.5. The highest BCUT2D eigenvalue weighted by Gasteiger charge is 2.18. The fourth-order valence-electron chi connectivity index (χ4n) is 1.09. The topological polar surface area (TPSA) is 72.5 Å². The maximum atomic E-state index is 11.5. The SMILES string of the molecule is CCC(=O)C(C)NS(=O)(=O)CCOC(C)C. The van der Waals surface area contributed by atoms with E-state index in [1.165, 1.54) is 0 Å². The molecule has 0 spiro atoms. The average molecular weight is 251 g/mol. The molecular weight excluding hydrogens is 230 g/mol. The summed E-state index contributed by atoms with van der Waals surface area (Å²) in [7, 11) is -3.43. The van der Waals surface area contributed by atoms with Crippen molar-refractivity contribution in [2.24, 2.45) is 0 Å². The highest BCUT2D eigenvalue weighted by molar-refractivity contribution is 7.89. The first-order valence-corrected chi connectivity index (χ1v) is 7.08. The summed E-state index contributed by atoms with van der Waals surface area (Å²) in [5.74, 6) is -0.236. The Balaban J connectivity index is 4.10. The lowest BCUT2D eigenvalue weighted by molar-refractivity contribution is -0.119. The van der Waals surface area contributed by atoms with Gasteiger partial charge in [0.2, 0.25) is 10.0 Å². The van der Waals surface area contributed by atoms with Gasteiger partial charge in [-0.05, 0) is 20.8 Å². The van der Waals surface area contributed by atoms with E-state index in [0.29, 0.717) is 6.42 Å². The molecule has 1 atom stereocenters. The minimum absolute atomic E-state index is 0.00453. The molecule has 0 saturated heterocycles. The predicted octanol–water partition coefficient (Wildman–Crippen LogP) is 0.698. The number of nitrogens with one attached hydrogen (secondary N) is 1. The van der Waals surface area contributed by atoms with Crippen molar-refractivity contribution in [2.75, 3.05) is 12.4 Å². The third-order valence-corrected chi connectivity index (χ3v) is 3.41. The van der Waals surface area contributed by atoms with Gasteiger partial charge in [0.1, 0.15) is 5.78 Å². The molecule has 1 unspecified atom stereocenters. The van der Waals surface area contributed by atoms with Crippen LogP contribution in [-0.4, -0.2) is 38.7 Å². The van der Waals surface area contributed by atoms with Crippen LogP contribution in [0.2, 0.25) is 0 Å². The first-order chi connectivity index (χ1) is 7.28. The van der Waals surface area contributed by atoms with Gasteiger partial charge in [0.15, 0.2) is 0 Å². The second-order valence-electron chi connectivity index (χ2n) is 3.90. The van der Waals surface area contributed by atoms with Gasteiger partial charge < -0.3 is 4.74 Å². The summed E-state index contributed by atoms with van der Waals surface area (Å²) in [5.41, 5.74) is 0. The van der Waals surface area contributed by atoms with Crippen LogP contribution in [-0.2, 0) is 19.6 Å². The summed E-state index contributed by atoms with van der Waals surface area (Å²) >= 11 is 0. The molecule has 0 aliphatic carbocycles. The van der Waals surface area contributed by atoms with E-state index in [2.05, 4.69) is 4.72 Å². The van der Waals surface area contributed by atoms with Crippen molar-refractivity contribution in [3.63, 3.8) is 0 Å². The van der Waals surface area contributed by atoms with Crippen LogP contribution in [0.15, 0.2) is 0 Å². The lowest BCUT2D eigenvalue weighted by Crippen LogP contribution is -2.40. The van der Waals surface area contributed by atoms with Gasteiger partial charge in [0.05, 0.1) is 24.5 Å². The van der Waals surface area contributed by atoms with Gasteiger partial charge in [-0.1, -0.05) is 6.92 Å². The maximum absolute atomic E-state index is 11.5. The number of sulfonamides is 1. The Labute approximate surface area is 97.6 Å². The molecule has 0 bridgehead atoms. The van der Waals surface area contributed by atoms with Gasteiger partial charge in [0.25, 0.3) is 0 Å². The minimum Gasteiger partial charge on any atom is -0.378 e. The molecule has 0 aliphatic rings. The fraction of sp³-hybridized carbons (Fsp3) is 0.900. The number of ketones is 1. The van der Waals surface area contributed by atoms with E-state index in [0.717, 1.165) is 0 Å². The van der Waals surface area contributed by atoms with Crippen LogP contribution in [0.4, 0.5) is 0 Å². The van der Waals surface area contributed by atoms with Gasteiger partial charge in [-0.15, -0.1) is 0 Å². The van der Waals surface area contributed by atoms with Crippen molar-refractivity contribution in [3.05, 3.63) is 0 Å². The highest BCUT2D eigenvalue weighted by Crippen LogP contribution is 1.96. The van der Waals surface area contributed by atoms with Gasteiger partial charge >= 0.3 is 0 Å². The second-order valence-corrected chi connectivity index (χ2v) is 5.77. The zero-order valence-electron chi connectivity index (χ0n) is 10.3. The van der Waals surface area contributed by atoms with Crippen LogP contribution in [0, 0.1) is 0 Å². The van der Waals surface area contributed by atoms with Crippen molar-refractivity contribution >= 4 is 15.8 Å². The summed E-state index contributed by atoms with van der Waals surface area (Å²) in [4.78, 5) is 11.2. The Hall–Kier alpha value is -0.460. The van der Waals surface area contributed by atoms with E-state index >= 15 is 0 Å². The van der Waals surface area contributed by atoms with Gasteiger partial charge in [-0.25, -0.2) is 13.1 Å². The third-order valence-electron chi connectivity index (χ3n) is 1.99. The van der Waals surface area contributed by atoms with E-state index < -0.39 is 16.1 Å². The molecular formula is C10H21NO4S. The molecule has 0 aromatic rings. The fourth-order valence-corrected chi connectivity index (χ4v) is 2.20. The zero-order valence-corrected chi connectivity index (χ0v) is 11.1. The molecule has 0 rings (SSSR count). The van der Waals surface area contributed by atoms with Crippen molar-refractivity contribution in [2.45, 2.75) is 46.3 Å². The van der Waals surface area contributed by atoms with Crippen molar-refractivity contribution in [1.82, 2.24) is 4.72 Å². The Morgan fingerprint density at radius 1 is 1.31 bits per heavy atom. The van der Waals surface area contributed by atoms with Crippen LogP contribution in [0.1, 0.15) is 34.1 Å². The Morgan fingerprint density at radius 3 is 2.31 bits per heavy atom. The number of rotatable bonds is 8. The van der Waals surface area contributed by atoms with E-state index in [9.17, 15) is 13.2 Å². The Morgan fingerprint density at radius 2 is 1.88 bits per heavy atom. The monoisotopic (exact) mass is 251 g/mol. The molecule has 16 heavy (non-hydrogen) atoms. The van der Waals surface area contributed by atoms with Crippen LogP contribution < -0.4 is 4.72 Å². The zero-order chi connectivity index (χ0) is 12.8. The van der Waals surface area contributed by atoms with Crippen molar-refractivity contribution in [1.29, 1.82) is 0 Å².